The van der Waals surface area contributed by atoms with Gasteiger partial charge in [-0.3, -0.25) is 0 Å². The minimum Gasteiger partial charge on any atom is -0.228 e. The van der Waals surface area contributed by atoms with Gasteiger partial charge in [-0.15, -0.1) is 16.4 Å². The van der Waals surface area contributed by atoms with E-state index >= 15 is 0 Å². The average molecular weight is 782 g/mol. The Kier molecular flexibility index (Phi) is 8.12. The van der Waals surface area contributed by atoms with Crippen molar-refractivity contribution in [2.45, 2.75) is 5.41 Å². The van der Waals surface area contributed by atoms with Crippen LogP contribution in [-0.2, 0) is 5.41 Å². The third kappa shape index (κ3) is 5.06. The second kappa shape index (κ2) is 13.7. The van der Waals surface area contributed by atoms with Gasteiger partial charge in [0.1, 0.15) is 39.2 Å². The van der Waals surface area contributed by atoms with Gasteiger partial charge in [0.05, 0.1) is 16.8 Å². The van der Waals surface area contributed by atoms with Gasteiger partial charge in [-0.1, -0.05) is 175 Å². The fourth-order valence-electron chi connectivity index (χ4n) is 11.2. The van der Waals surface area contributed by atoms with Crippen molar-refractivity contribution >= 4 is 88.1 Å². The zero-order valence-electron chi connectivity index (χ0n) is 35.6. The highest BCUT2D eigenvalue weighted by Gasteiger charge is 2.53. The second-order valence-corrected chi connectivity index (χ2v) is 17.4. The number of fused-ring (bicyclic) bond motifs is 14. The first-order chi connectivity index (χ1) is 30.3. The maximum atomic E-state index is 5.66. The van der Waals surface area contributed by atoms with Crippen molar-refractivity contribution in [3.63, 3.8) is 0 Å². The van der Waals surface area contributed by atoms with Gasteiger partial charge in [-0.25, -0.2) is 9.97 Å². The molecule has 1 aromatic heterocycles. The molecule has 0 atom stereocenters. The molecule has 9 aromatic carbocycles. The molecule has 0 N–H and O–H groups in total. The first-order valence-electron chi connectivity index (χ1n) is 21.8. The second-order valence-electron chi connectivity index (χ2n) is 17.4. The van der Waals surface area contributed by atoms with Crippen LogP contribution in [0.4, 0.5) is 0 Å². The Bertz CT molecular complexity index is 3430. The Morgan fingerprint density at radius 2 is 0.855 bits per heavy atom. The molecule has 0 aliphatic heterocycles. The lowest BCUT2D eigenvalue weighted by Crippen LogP contribution is -2.55. The Morgan fingerprint density at radius 3 is 1.55 bits per heavy atom. The third-order valence-corrected chi connectivity index (χ3v) is 14.5. The summed E-state index contributed by atoms with van der Waals surface area (Å²) in [6, 6.07) is 64.9. The van der Waals surface area contributed by atoms with Crippen molar-refractivity contribution in [2.24, 2.45) is 0 Å². The van der Waals surface area contributed by atoms with Crippen LogP contribution < -0.4 is 27.3 Å². The zero-order chi connectivity index (χ0) is 41.9. The van der Waals surface area contributed by atoms with Crippen LogP contribution in [0.1, 0.15) is 22.3 Å². The summed E-state index contributed by atoms with van der Waals surface area (Å²) < 4.78 is 0. The largest absolute Gasteiger partial charge is 0.228 e. The number of rotatable bonds is 4. The van der Waals surface area contributed by atoms with Crippen molar-refractivity contribution in [3.8, 4) is 67.3 Å². The molecule has 0 amide bonds. The van der Waals surface area contributed by atoms with Crippen LogP contribution in [0.25, 0.3) is 88.8 Å². The van der Waals surface area contributed by atoms with E-state index in [1.54, 1.807) is 0 Å². The Morgan fingerprint density at radius 1 is 0.339 bits per heavy atom. The molecule has 10 aromatic rings. The van der Waals surface area contributed by atoms with Crippen LogP contribution in [0.15, 0.2) is 176 Å². The van der Waals surface area contributed by atoms with E-state index < -0.39 is 5.41 Å². The fourth-order valence-corrected chi connectivity index (χ4v) is 11.2. The van der Waals surface area contributed by atoms with Crippen LogP contribution in [0, 0.1) is 0 Å². The molecule has 62 heavy (non-hydrogen) atoms. The molecule has 284 valence electrons. The third-order valence-electron chi connectivity index (χ3n) is 14.5. The topological polar surface area (TPSA) is 25.8 Å². The quantitative estimate of drug-likeness (QED) is 0.233. The van der Waals surface area contributed by atoms with Crippen molar-refractivity contribution in [3.05, 3.63) is 198 Å². The molecule has 12 rings (SSSR count). The van der Waals surface area contributed by atoms with Crippen LogP contribution in [0.5, 0.6) is 0 Å². The summed E-state index contributed by atoms with van der Waals surface area (Å²) >= 11 is 0. The van der Waals surface area contributed by atoms with E-state index in [-0.39, 0.29) is 0 Å². The standard InChI is InChI=1S/C55H39B5N2/c56-49-46(50(57)52(59)53(60)51(49)58)44-29-43(34-17-10-16-33(28-34)30-12-2-1-3-13-30)61-54(62-44)40-21-11-23-42-45(40)39-20-8-9-22-41(39)55(42)47-35-18-6-4-14-31(35)24-26-37(47)38-27-25-32-15-5-7-19-36(32)48(38)55/h1-29H,56-60H2. The maximum Gasteiger partial charge on any atom is 0.161 e. The van der Waals surface area contributed by atoms with E-state index in [4.69, 9.17) is 9.97 Å². The molecule has 2 nitrogen and oxygen atoms in total. The lowest BCUT2D eigenvalue weighted by Gasteiger charge is -2.32. The lowest BCUT2D eigenvalue weighted by molar-refractivity contribution is 0.809. The van der Waals surface area contributed by atoms with E-state index in [1.807, 2.05) is 0 Å². The van der Waals surface area contributed by atoms with Crippen LogP contribution >= 0.6 is 0 Å². The van der Waals surface area contributed by atoms with Crippen molar-refractivity contribution in [1.82, 2.24) is 9.97 Å². The lowest BCUT2D eigenvalue weighted by atomic mass is 9.60. The van der Waals surface area contributed by atoms with Crippen molar-refractivity contribution < 1.29 is 0 Å². The van der Waals surface area contributed by atoms with Crippen molar-refractivity contribution in [2.75, 3.05) is 0 Å². The van der Waals surface area contributed by atoms with Crippen LogP contribution in [0.2, 0.25) is 0 Å². The maximum absolute atomic E-state index is 5.66. The molecule has 1 heterocycles. The summed E-state index contributed by atoms with van der Waals surface area (Å²) in [6.45, 7) is 0. The highest BCUT2D eigenvalue weighted by molar-refractivity contribution is 6.68. The Balaban J connectivity index is 1.19. The average Bonchev–Trinajstić information content (AvgIpc) is 3.81. The minimum absolute atomic E-state index is 0.572. The van der Waals surface area contributed by atoms with Gasteiger partial charge in [0.25, 0.3) is 0 Å². The van der Waals surface area contributed by atoms with E-state index in [2.05, 4.69) is 215 Å². The van der Waals surface area contributed by atoms with Gasteiger partial charge in [-0.05, 0) is 94.9 Å². The van der Waals surface area contributed by atoms with Crippen LogP contribution in [0.3, 0.4) is 0 Å². The normalized spacial score (nSPS) is 13.0. The van der Waals surface area contributed by atoms with Crippen LogP contribution in [-0.4, -0.2) is 49.2 Å². The van der Waals surface area contributed by atoms with E-state index in [0.717, 1.165) is 33.9 Å². The molecular weight excluding hydrogens is 743 g/mol. The fraction of sp³-hybridized carbons (Fsp3) is 0.0182. The number of hydrogen-bond acceptors (Lipinski definition) is 2. The summed E-state index contributed by atoms with van der Waals surface area (Å²) in [5.41, 5.74) is 23.7. The predicted octanol–water partition coefficient (Wildman–Crippen LogP) is 5.09. The van der Waals surface area contributed by atoms with E-state index in [9.17, 15) is 0 Å². The highest BCUT2D eigenvalue weighted by atomic mass is 14.9. The molecule has 0 radical (unpaired) electrons. The first kappa shape index (κ1) is 36.7. The monoisotopic (exact) mass is 782 g/mol. The molecular formula is C55H39B5N2. The van der Waals surface area contributed by atoms with Gasteiger partial charge < -0.3 is 0 Å². The molecule has 7 heteroatoms. The molecule has 0 bridgehead atoms. The highest BCUT2D eigenvalue weighted by Crippen LogP contribution is 2.66. The van der Waals surface area contributed by atoms with Gasteiger partial charge >= 0.3 is 0 Å². The first-order valence-corrected chi connectivity index (χ1v) is 21.8. The Hall–Kier alpha value is -7.10. The molecule has 0 saturated heterocycles. The minimum atomic E-state index is -0.572. The number of nitrogens with zero attached hydrogens (tertiary/aromatic N) is 2. The molecule has 1 spiro atoms. The van der Waals surface area contributed by atoms with Gasteiger partial charge in [0, 0.05) is 11.1 Å². The van der Waals surface area contributed by atoms with Crippen molar-refractivity contribution in [1.29, 1.82) is 0 Å². The van der Waals surface area contributed by atoms with Gasteiger partial charge in [0.15, 0.2) is 5.82 Å². The summed E-state index contributed by atoms with van der Waals surface area (Å²) in [4.78, 5) is 11.3. The van der Waals surface area contributed by atoms with E-state index in [1.165, 1.54) is 104 Å². The van der Waals surface area contributed by atoms with Gasteiger partial charge in [0.2, 0.25) is 0 Å². The SMILES string of the molecule is Bc1c(B)c(B)c(-c2cc(-c3cccc(-c4ccccc4)c3)nc(-c3cccc4c3-c3ccccc3C43c4c(ccc5ccccc45)-c4ccc5ccccc5c43)n2)c(B)c1B. The van der Waals surface area contributed by atoms with Gasteiger partial charge in [-0.2, -0.15) is 0 Å². The molecule has 0 fully saturated rings. The summed E-state index contributed by atoms with van der Waals surface area (Å²) in [5.74, 6) is 0.732. The number of hydrogen-bond donors (Lipinski definition) is 0. The van der Waals surface area contributed by atoms with E-state index in [0.29, 0.717) is 0 Å². The summed E-state index contributed by atoms with van der Waals surface area (Å²) in [7, 11) is 11.2. The zero-order valence-corrected chi connectivity index (χ0v) is 35.6. The number of aromatic nitrogens is 2. The Labute approximate surface area is 367 Å². The molecule has 2 aliphatic rings. The molecule has 2 aliphatic carbocycles. The molecule has 0 unspecified atom stereocenters. The smallest absolute Gasteiger partial charge is 0.161 e. The molecule has 0 saturated carbocycles. The summed E-state index contributed by atoms with van der Waals surface area (Å²) in [6.07, 6.45) is 0. The summed E-state index contributed by atoms with van der Waals surface area (Å²) in [5, 5.41) is 5.07. The number of benzene rings is 9. The predicted molar refractivity (Wildman–Crippen MR) is 276 cm³/mol.